The highest BCUT2D eigenvalue weighted by atomic mass is 32.2. The Kier molecular flexibility index (Phi) is 3.41. The Morgan fingerprint density at radius 2 is 2.14 bits per heavy atom. The van der Waals surface area contributed by atoms with Crippen molar-refractivity contribution in [1.29, 1.82) is 0 Å². The van der Waals surface area contributed by atoms with E-state index in [2.05, 4.69) is 9.98 Å². The number of rotatable bonds is 0. The van der Waals surface area contributed by atoms with Gasteiger partial charge in [0.25, 0.3) is 0 Å². The lowest BCUT2D eigenvalue weighted by Crippen LogP contribution is -2.18. The van der Waals surface area contributed by atoms with Crippen LogP contribution in [-0.2, 0) is 4.79 Å². The van der Waals surface area contributed by atoms with Crippen molar-refractivity contribution in [2.24, 2.45) is 9.98 Å². The van der Waals surface area contributed by atoms with Gasteiger partial charge >= 0.3 is 6.16 Å². The summed E-state index contributed by atoms with van der Waals surface area (Å²) in [5.41, 5.74) is 0.535. The maximum Gasteiger partial charge on any atom is 0.503 e. The molecule has 0 aromatic rings. The fraction of sp³-hybridized carbons (Fsp3) is 0.143. The van der Waals surface area contributed by atoms with E-state index in [4.69, 9.17) is 15.0 Å². The first-order valence-electron chi connectivity index (χ1n) is 3.49. The van der Waals surface area contributed by atoms with Crippen LogP contribution in [0.5, 0.6) is 0 Å². The first-order chi connectivity index (χ1) is 6.61. The number of carboxylic acid groups (broad SMARTS) is 2. The van der Waals surface area contributed by atoms with Gasteiger partial charge in [-0.15, -0.1) is 0 Å². The average molecular weight is 214 g/mol. The van der Waals surface area contributed by atoms with Crippen molar-refractivity contribution >= 4 is 34.5 Å². The fourth-order valence-corrected chi connectivity index (χ4v) is 1.58. The van der Waals surface area contributed by atoms with Gasteiger partial charge in [-0.3, -0.25) is 9.79 Å². The average Bonchev–Trinajstić information content (AvgIpc) is 2.52. The Bertz CT molecular complexity index is 355. The second-order valence-electron chi connectivity index (χ2n) is 2.18. The zero-order valence-electron chi connectivity index (χ0n) is 6.88. The van der Waals surface area contributed by atoms with Crippen LogP contribution in [0.4, 0.5) is 4.79 Å². The second kappa shape index (κ2) is 4.56. The third-order valence-corrected chi connectivity index (χ3v) is 2.11. The Morgan fingerprint density at radius 3 is 2.71 bits per heavy atom. The summed E-state index contributed by atoms with van der Waals surface area (Å²) in [4.78, 5) is 27.5. The van der Waals surface area contributed by atoms with Crippen LogP contribution in [0.1, 0.15) is 0 Å². The minimum absolute atomic E-state index is 0.0185. The molecule has 0 bridgehead atoms. The topological polar surface area (TPSA) is 99.3 Å². The summed E-state index contributed by atoms with van der Waals surface area (Å²) in [6.45, 7) is 0. The number of ketones is 1. The molecule has 0 radical (unpaired) electrons. The molecule has 0 amide bonds. The van der Waals surface area contributed by atoms with Gasteiger partial charge in [0.15, 0.2) is 0 Å². The van der Waals surface area contributed by atoms with Crippen molar-refractivity contribution < 1.29 is 19.8 Å². The zero-order chi connectivity index (χ0) is 10.6. The molecule has 0 fully saturated rings. The van der Waals surface area contributed by atoms with E-state index in [0.29, 0.717) is 11.6 Å². The van der Waals surface area contributed by atoms with Gasteiger partial charge < -0.3 is 10.2 Å². The van der Waals surface area contributed by atoms with Crippen LogP contribution in [0.3, 0.4) is 0 Å². The molecule has 2 N–H and O–H groups in total. The first-order valence-corrected chi connectivity index (χ1v) is 4.48. The maximum absolute atomic E-state index is 11.0. The van der Waals surface area contributed by atoms with Crippen molar-refractivity contribution in [2.75, 3.05) is 5.88 Å². The third-order valence-electron chi connectivity index (χ3n) is 1.28. The van der Waals surface area contributed by atoms with E-state index in [9.17, 15) is 4.79 Å². The molecule has 0 aromatic heterocycles. The van der Waals surface area contributed by atoms with Crippen molar-refractivity contribution in [3.05, 3.63) is 12.3 Å². The number of hydrogen-bond donors (Lipinski definition) is 2. The van der Waals surface area contributed by atoms with Crippen molar-refractivity contribution in [3.63, 3.8) is 0 Å². The van der Waals surface area contributed by atoms with E-state index in [0.717, 1.165) is 5.04 Å². The van der Waals surface area contributed by atoms with Gasteiger partial charge in [-0.2, -0.15) is 0 Å². The highest BCUT2D eigenvalue weighted by Gasteiger charge is 2.22. The number of fused-ring (bicyclic) bond motifs is 1. The predicted molar refractivity (Wildman–Crippen MR) is 52.1 cm³/mol. The van der Waals surface area contributed by atoms with E-state index in [1.165, 1.54) is 24.0 Å². The second-order valence-corrected chi connectivity index (χ2v) is 3.11. The Labute approximate surface area is 83.1 Å². The molecule has 0 aliphatic carbocycles. The van der Waals surface area contributed by atoms with Gasteiger partial charge in [0.05, 0.1) is 5.88 Å². The minimum Gasteiger partial charge on any atom is -0.450 e. The third kappa shape index (κ3) is 2.70. The quantitative estimate of drug-likeness (QED) is 0.622. The largest absolute Gasteiger partial charge is 0.503 e. The monoisotopic (exact) mass is 214 g/mol. The van der Waals surface area contributed by atoms with Crippen molar-refractivity contribution in [3.8, 4) is 0 Å². The van der Waals surface area contributed by atoms with Crippen LogP contribution >= 0.6 is 11.8 Å². The number of nitrogens with zero attached hydrogens (tertiary/aromatic N) is 2. The summed E-state index contributed by atoms with van der Waals surface area (Å²) < 4.78 is 0. The van der Waals surface area contributed by atoms with Crippen LogP contribution in [0.15, 0.2) is 22.3 Å². The van der Waals surface area contributed by atoms with E-state index < -0.39 is 6.16 Å². The molecule has 0 atom stereocenters. The summed E-state index contributed by atoms with van der Waals surface area (Å²) in [5.74, 6) is 0.622. The predicted octanol–water partition coefficient (Wildman–Crippen LogP) is 0.849. The van der Waals surface area contributed by atoms with Gasteiger partial charge in [0, 0.05) is 12.3 Å². The van der Waals surface area contributed by atoms with Crippen LogP contribution in [-0.4, -0.2) is 38.8 Å². The number of thioether (sulfide) groups is 1. The molecule has 74 valence electrons. The fourth-order valence-electron chi connectivity index (χ4n) is 0.827. The molecule has 0 saturated carbocycles. The van der Waals surface area contributed by atoms with Crippen LogP contribution in [0, 0.1) is 0 Å². The highest BCUT2D eigenvalue weighted by Crippen LogP contribution is 2.17. The molecule has 2 rings (SSSR count). The molecule has 6 nitrogen and oxygen atoms in total. The smallest absolute Gasteiger partial charge is 0.450 e. The minimum atomic E-state index is -1.83. The number of carbonyl (C=O) groups is 2. The molecular formula is C7H6N2O4S. The lowest BCUT2D eigenvalue weighted by atomic mass is 10.2. The van der Waals surface area contributed by atoms with Gasteiger partial charge in [-0.25, -0.2) is 9.79 Å². The number of aliphatic imine (C=N–C) groups is 2. The molecule has 2 aliphatic rings. The van der Waals surface area contributed by atoms with Crippen molar-refractivity contribution in [2.45, 2.75) is 0 Å². The van der Waals surface area contributed by atoms with Gasteiger partial charge in [0.1, 0.15) is 10.8 Å². The summed E-state index contributed by atoms with van der Waals surface area (Å²) in [7, 11) is 0. The van der Waals surface area contributed by atoms with E-state index in [1.807, 2.05) is 0 Å². The summed E-state index contributed by atoms with van der Waals surface area (Å²) in [5, 5.41) is 14.7. The van der Waals surface area contributed by atoms with Gasteiger partial charge in [-0.1, -0.05) is 11.8 Å². The van der Waals surface area contributed by atoms with Crippen LogP contribution < -0.4 is 0 Å². The first kappa shape index (κ1) is 10.5. The SMILES string of the molecule is O=C(O)O.O=C1C=CN=C2SCN=C12. The van der Waals surface area contributed by atoms with Gasteiger partial charge in [-0.05, 0) is 0 Å². The molecular weight excluding hydrogens is 208 g/mol. The normalized spacial score (nSPS) is 17.6. The van der Waals surface area contributed by atoms with E-state index in [1.54, 1.807) is 0 Å². The maximum atomic E-state index is 11.0. The molecule has 7 heteroatoms. The Morgan fingerprint density at radius 1 is 1.50 bits per heavy atom. The summed E-state index contributed by atoms with van der Waals surface area (Å²) in [6, 6.07) is 0. The summed E-state index contributed by atoms with van der Waals surface area (Å²) >= 11 is 1.50. The number of allylic oxidation sites excluding steroid dienone is 1. The molecule has 0 unspecified atom stereocenters. The molecule has 2 aliphatic heterocycles. The molecule has 14 heavy (non-hydrogen) atoms. The van der Waals surface area contributed by atoms with Crippen LogP contribution in [0.25, 0.3) is 0 Å². The summed E-state index contributed by atoms with van der Waals surface area (Å²) in [6.07, 6.45) is 1.13. The van der Waals surface area contributed by atoms with Gasteiger partial charge in [0.2, 0.25) is 5.78 Å². The molecule has 0 spiro atoms. The zero-order valence-corrected chi connectivity index (χ0v) is 7.69. The van der Waals surface area contributed by atoms with E-state index in [-0.39, 0.29) is 5.78 Å². The molecule has 0 saturated heterocycles. The molecule has 2 heterocycles. The molecule has 0 aromatic carbocycles. The Balaban J connectivity index is 0.000000213. The number of hydrogen-bond acceptors (Lipinski definition) is 5. The number of carbonyl (C=O) groups excluding carboxylic acids is 1. The van der Waals surface area contributed by atoms with Crippen molar-refractivity contribution in [1.82, 2.24) is 0 Å². The van der Waals surface area contributed by atoms with E-state index >= 15 is 0 Å². The standard InChI is InChI=1S/C6H4N2OS.CH2O3/c9-4-1-2-7-6-5(4)8-3-10-6;2-1(3)4/h1-2H,3H2;(H2,2,3,4). The lowest BCUT2D eigenvalue weighted by molar-refractivity contribution is -0.108. The van der Waals surface area contributed by atoms with Crippen LogP contribution in [0.2, 0.25) is 0 Å². The lowest BCUT2D eigenvalue weighted by Gasteiger charge is -1.98. The highest BCUT2D eigenvalue weighted by molar-refractivity contribution is 8.16. The Hall–Kier alpha value is -1.63.